The third kappa shape index (κ3) is 3.44. The molecule has 1 N–H and O–H groups in total. The average Bonchev–Trinajstić information content (AvgIpc) is 3.09. The number of nitrogens with one attached hydrogen (secondary N) is 1. The molecule has 0 bridgehead atoms. The summed E-state index contributed by atoms with van der Waals surface area (Å²) in [5, 5.41) is 4.45. The number of fused-ring (bicyclic) bond motifs is 1. The third-order valence-electron chi connectivity index (χ3n) is 4.30. The molecule has 0 aliphatic carbocycles. The van der Waals surface area contributed by atoms with Crippen LogP contribution in [0.25, 0.3) is 20.8 Å². The van der Waals surface area contributed by atoms with Crippen LogP contribution in [-0.2, 0) is 0 Å². The first-order chi connectivity index (χ1) is 13.0. The van der Waals surface area contributed by atoms with E-state index in [9.17, 15) is 4.79 Å². The van der Waals surface area contributed by atoms with Crippen LogP contribution in [0.15, 0.2) is 60.7 Å². The number of carbonyl (C=O) groups is 1. The van der Waals surface area contributed by atoms with E-state index < -0.39 is 0 Å². The predicted molar refractivity (Wildman–Crippen MR) is 114 cm³/mol. The SMILES string of the molecule is Cc1c(NC(=O)c2cccc(Cl)c2Cl)cccc1-c1nc2ccccc2s1. The van der Waals surface area contributed by atoms with Gasteiger partial charge in [0.25, 0.3) is 5.91 Å². The molecule has 6 heteroatoms. The lowest BCUT2D eigenvalue weighted by Crippen LogP contribution is -2.13. The van der Waals surface area contributed by atoms with Crippen LogP contribution in [0.1, 0.15) is 15.9 Å². The molecule has 0 spiro atoms. The van der Waals surface area contributed by atoms with Gasteiger partial charge in [0.15, 0.2) is 0 Å². The second-order valence-corrected chi connectivity index (χ2v) is 7.84. The third-order valence-corrected chi connectivity index (χ3v) is 6.19. The number of rotatable bonds is 3. The minimum Gasteiger partial charge on any atom is -0.322 e. The summed E-state index contributed by atoms with van der Waals surface area (Å²) in [6.07, 6.45) is 0. The maximum atomic E-state index is 12.7. The minimum atomic E-state index is -0.299. The Balaban J connectivity index is 1.70. The van der Waals surface area contributed by atoms with E-state index in [0.29, 0.717) is 16.3 Å². The number of hydrogen-bond acceptors (Lipinski definition) is 3. The number of aromatic nitrogens is 1. The van der Waals surface area contributed by atoms with Crippen molar-refractivity contribution in [3.8, 4) is 10.6 Å². The summed E-state index contributed by atoms with van der Waals surface area (Å²) in [7, 11) is 0. The molecule has 1 aromatic heterocycles. The van der Waals surface area contributed by atoms with Crippen LogP contribution in [0.5, 0.6) is 0 Å². The van der Waals surface area contributed by atoms with Gasteiger partial charge in [-0.05, 0) is 42.8 Å². The summed E-state index contributed by atoms with van der Waals surface area (Å²) in [6.45, 7) is 1.97. The first-order valence-electron chi connectivity index (χ1n) is 8.25. The smallest absolute Gasteiger partial charge is 0.257 e. The molecule has 0 fully saturated rings. The molecule has 27 heavy (non-hydrogen) atoms. The van der Waals surface area contributed by atoms with Crippen LogP contribution < -0.4 is 5.32 Å². The molecule has 1 amide bonds. The number of nitrogens with zero attached hydrogens (tertiary/aromatic N) is 1. The van der Waals surface area contributed by atoms with Crippen molar-refractivity contribution in [1.82, 2.24) is 4.98 Å². The van der Waals surface area contributed by atoms with Gasteiger partial charge in [0.2, 0.25) is 0 Å². The van der Waals surface area contributed by atoms with Crippen LogP contribution in [0.2, 0.25) is 10.0 Å². The van der Waals surface area contributed by atoms with Crippen molar-refractivity contribution in [2.45, 2.75) is 6.92 Å². The summed E-state index contributed by atoms with van der Waals surface area (Å²) in [6, 6.07) is 18.8. The van der Waals surface area contributed by atoms with E-state index in [4.69, 9.17) is 28.2 Å². The predicted octanol–water partition coefficient (Wildman–Crippen LogP) is 6.83. The van der Waals surface area contributed by atoms with Crippen LogP contribution in [0.4, 0.5) is 5.69 Å². The highest BCUT2D eigenvalue weighted by Gasteiger charge is 2.16. The molecule has 0 atom stereocenters. The highest BCUT2D eigenvalue weighted by atomic mass is 35.5. The van der Waals surface area contributed by atoms with Gasteiger partial charge in [0.05, 0.1) is 25.8 Å². The van der Waals surface area contributed by atoms with Gasteiger partial charge < -0.3 is 5.32 Å². The summed E-state index contributed by atoms with van der Waals surface area (Å²) in [5.74, 6) is -0.299. The Morgan fingerprint density at radius 1 is 1.00 bits per heavy atom. The minimum absolute atomic E-state index is 0.247. The second-order valence-electron chi connectivity index (χ2n) is 6.02. The first kappa shape index (κ1) is 18.0. The molecule has 3 aromatic carbocycles. The van der Waals surface area contributed by atoms with E-state index in [0.717, 1.165) is 26.4 Å². The van der Waals surface area contributed by atoms with Crippen molar-refractivity contribution < 1.29 is 4.79 Å². The molecule has 0 saturated heterocycles. The highest BCUT2D eigenvalue weighted by Crippen LogP contribution is 2.35. The van der Waals surface area contributed by atoms with Gasteiger partial charge in [0, 0.05) is 11.3 Å². The zero-order valence-corrected chi connectivity index (χ0v) is 16.6. The Morgan fingerprint density at radius 2 is 1.78 bits per heavy atom. The fraction of sp³-hybridized carbons (Fsp3) is 0.0476. The molecule has 0 saturated carbocycles. The van der Waals surface area contributed by atoms with Gasteiger partial charge in [-0.15, -0.1) is 11.3 Å². The quantitative estimate of drug-likeness (QED) is 0.400. The molecule has 4 aromatic rings. The Kier molecular flexibility index (Phi) is 4.87. The van der Waals surface area contributed by atoms with E-state index >= 15 is 0 Å². The number of benzene rings is 3. The molecule has 0 aliphatic rings. The van der Waals surface area contributed by atoms with Crippen molar-refractivity contribution in [3.63, 3.8) is 0 Å². The van der Waals surface area contributed by atoms with E-state index in [1.807, 2.05) is 43.3 Å². The summed E-state index contributed by atoms with van der Waals surface area (Å²) < 4.78 is 1.13. The lowest BCUT2D eigenvalue weighted by atomic mass is 10.1. The molecular weight excluding hydrogens is 399 g/mol. The molecule has 4 rings (SSSR count). The van der Waals surface area contributed by atoms with E-state index in [-0.39, 0.29) is 10.9 Å². The second kappa shape index (κ2) is 7.31. The fourth-order valence-electron chi connectivity index (χ4n) is 2.86. The van der Waals surface area contributed by atoms with Gasteiger partial charge in [-0.1, -0.05) is 53.5 Å². The van der Waals surface area contributed by atoms with Crippen molar-refractivity contribution in [2.24, 2.45) is 0 Å². The van der Waals surface area contributed by atoms with Crippen LogP contribution in [0.3, 0.4) is 0 Å². The number of thiazole rings is 1. The van der Waals surface area contributed by atoms with E-state index in [1.54, 1.807) is 29.5 Å². The topological polar surface area (TPSA) is 42.0 Å². The van der Waals surface area contributed by atoms with Gasteiger partial charge in [-0.2, -0.15) is 0 Å². The summed E-state index contributed by atoms with van der Waals surface area (Å²) in [5.41, 5.74) is 3.97. The number of anilines is 1. The first-order valence-corrected chi connectivity index (χ1v) is 9.83. The standard InChI is InChI=1S/C21H14Cl2N2OS/c1-12-13(21-25-17-9-2-3-11-18(17)27-21)6-5-10-16(12)24-20(26)14-7-4-8-15(22)19(14)23/h2-11H,1H3,(H,24,26). The van der Waals surface area contributed by atoms with Crippen LogP contribution in [0, 0.1) is 6.92 Å². The monoisotopic (exact) mass is 412 g/mol. The zero-order valence-electron chi connectivity index (χ0n) is 14.3. The Labute approximate surface area is 170 Å². The molecule has 0 unspecified atom stereocenters. The average molecular weight is 413 g/mol. The van der Waals surface area contributed by atoms with Gasteiger partial charge >= 0.3 is 0 Å². The number of carbonyl (C=O) groups excluding carboxylic acids is 1. The van der Waals surface area contributed by atoms with Crippen molar-refractivity contribution in [1.29, 1.82) is 0 Å². The van der Waals surface area contributed by atoms with Crippen molar-refractivity contribution in [3.05, 3.63) is 81.8 Å². The highest BCUT2D eigenvalue weighted by molar-refractivity contribution is 7.21. The molecule has 134 valence electrons. The molecule has 0 radical (unpaired) electrons. The van der Waals surface area contributed by atoms with Crippen molar-refractivity contribution >= 4 is 56.3 Å². The number of para-hydroxylation sites is 1. The summed E-state index contributed by atoms with van der Waals surface area (Å²) in [4.78, 5) is 17.4. The van der Waals surface area contributed by atoms with Gasteiger partial charge in [-0.3, -0.25) is 4.79 Å². The van der Waals surface area contributed by atoms with Crippen LogP contribution >= 0.6 is 34.5 Å². The molecule has 3 nitrogen and oxygen atoms in total. The Hall–Kier alpha value is -2.40. The van der Waals surface area contributed by atoms with Gasteiger partial charge in [0.1, 0.15) is 5.01 Å². The molecule has 0 aliphatic heterocycles. The Morgan fingerprint density at radius 3 is 2.59 bits per heavy atom. The molecular formula is C21H14Cl2N2OS. The maximum Gasteiger partial charge on any atom is 0.257 e. The van der Waals surface area contributed by atoms with E-state index in [2.05, 4.69) is 11.4 Å². The largest absolute Gasteiger partial charge is 0.322 e. The fourth-order valence-corrected chi connectivity index (χ4v) is 4.29. The Bertz CT molecular complexity index is 1140. The zero-order chi connectivity index (χ0) is 19.0. The summed E-state index contributed by atoms with van der Waals surface area (Å²) >= 11 is 13.8. The molecule has 1 heterocycles. The number of hydrogen-bond donors (Lipinski definition) is 1. The number of halogens is 2. The lowest BCUT2D eigenvalue weighted by molar-refractivity contribution is 0.102. The van der Waals surface area contributed by atoms with Crippen molar-refractivity contribution in [2.75, 3.05) is 5.32 Å². The van der Waals surface area contributed by atoms with Gasteiger partial charge in [-0.25, -0.2) is 4.98 Å². The normalized spacial score (nSPS) is 10.9. The lowest BCUT2D eigenvalue weighted by Gasteiger charge is -2.12. The van der Waals surface area contributed by atoms with Crippen LogP contribution in [-0.4, -0.2) is 10.9 Å². The maximum absolute atomic E-state index is 12.7. The van der Waals surface area contributed by atoms with E-state index in [1.165, 1.54) is 0 Å². The number of amides is 1.